The van der Waals surface area contributed by atoms with Gasteiger partial charge in [-0.2, -0.15) is 5.10 Å². The molecule has 136 valence electrons. The molecule has 0 aliphatic carbocycles. The molecule has 2 aromatic rings. The van der Waals surface area contributed by atoms with Crippen LogP contribution < -0.4 is 15.2 Å². The van der Waals surface area contributed by atoms with E-state index in [4.69, 9.17) is 15.2 Å². The van der Waals surface area contributed by atoms with Gasteiger partial charge in [0.15, 0.2) is 16.7 Å². The molecule has 7 heteroatoms. The molecule has 0 aliphatic heterocycles. The summed E-state index contributed by atoms with van der Waals surface area (Å²) in [6.07, 6.45) is 3.28. The van der Waals surface area contributed by atoms with Gasteiger partial charge in [-0.1, -0.05) is 54.7 Å². The number of ether oxygens (including phenoxy) is 2. The molecule has 0 unspecified atom stereocenters. The van der Waals surface area contributed by atoms with E-state index in [1.165, 1.54) is 17.3 Å². The van der Waals surface area contributed by atoms with Gasteiger partial charge in [-0.15, -0.1) is 5.10 Å². The zero-order valence-corrected chi connectivity index (χ0v) is 16.8. The minimum atomic E-state index is 0.399. The lowest BCUT2D eigenvalue weighted by atomic mass is 10.2. The molecule has 26 heavy (non-hydrogen) atoms. The second-order valence-corrected chi connectivity index (χ2v) is 6.93. The molecule has 0 atom stereocenters. The first-order chi connectivity index (χ1) is 12.6. The van der Waals surface area contributed by atoms with E-state index in [2.05, 4.69) is 32.7 Å². The van der Waals surface area contributed by atoms with E-state index in [0.29, 0.717) is 23.3 Å². The molecular weight excluding hydrogens is 414 g/mol. The van der Waals surface area contributed by atoms with E-state index in [-0.39, 0.29) is 0 Å². The lowest BCUT2D eigenvalue weighted by Crippen LogP contribution is -2.06. The molecule has 0 saturated carbocycles. The predicted octanol–water partition coefficient (Wildman–Crippen LogP) is 4.60. The predicted molar refractivity (Wildman–Crippen MR) is 113 cm³/mol. The summed E-state index contributed by atoms with van der Waals surface area (Å²) in [6, 6.07) is 13.7. The third-order valence-corrected chi connectivity index (χ3v) is 4.76. The largest absolute Gasteiger partial charge is 0.493 e. The molecule has 2 aromatic carbocycles. The van der Waals surface area contributed by atoms with Crippen molar-refractivity contribution in [1.82, 2.24) is 0 Å². The van der Waals surface area contributed by atoms with Crippen LogP contribution in [0.4, 0.5) is 0 Å². The van der Waals surface area contributed by atoms with Crippen molar-refractivity contribution < 1.29 is 9.47 Å². The number of nitrogens with two attached hydrogens (primary N) is 1. The van der Waals surface area contributed by atoms with Crippen LogP contribution in [0, 0.1) is 0 Å². The summed E-state index contributed by atoms with van der Waals surface area (Å²) in [5, 5.41) is 8.48. The Labute approximate surface area is 166 Å². The van der Waals surface area contributed by atoms with Gasteiger partial charge in [0, 0.05) is 15.8 Å². The molecule has 0 fully saturated rings. The summed E-state index contributed by atoms with van der Waals surface area (Å²) in [5.74, 6) is 1.98. The van der Waals surface area contributed by atoms with Crippen molar-refractivity contribution in [2.75, 3.05) is 13.7 Å². The summed E-state index contributed by atoms with van der Waals surface area (Å²) < 4.78 is 11.7. The number of nitrogens with zero attached hydrogens (tertiary/aromatic N) is 2. The van der Waals surface area contributed by atoms with E-state index in [1.54, 1.807) is 19.4 Å². The van der Waals surface area contributed by atoms with Gasteiger partial charge in [0.1, 0.15) is 6.61 Å². The van der Waals surface area contributed by atoms with Crippen molar-refractivity contribution in [3.05, 3.63) is 70.7 Å². The molecule has 0 radical (unpaired) electrons. The fourth-order valence-corrected chi connectivity index (χ4v) is 3.02. The minimum Gasteiger partial charge on any atom is -0.493 e. The van der Waals surface area contributed by atoms with Gasteiger partial charge in [0.05, 0.1) is 13.3 Å². The van der Waals surface area contributed by atoms with Gasteiger partial charge in [0.25, 0.3) is 0 Å². The first-order valence-electron chi connectivity index (χ1n) is 7.78. The molecule has 0 saturated heterocycles. The number of methoxy groups -OCH3 is 1. The Hall–Kier alpha value is -2.25. The third-order valence-electron chi connectivity index (χ3n) is 3.22. The molecule has 0 aliphatic rings. The average molecular weight is 434 g/mol. The fourth-order valence-electron chi connectivity index (χ4n) is 1.98. The Balaban J connectivity index is 2.03. The van der Waals surface area contributed by atoms with Gasteiger partial charge >= 0.3 is 0 Å². The number of benzene rings is 2. The molecule has 0 aromatic heterocycles. The summed E-state index contributed by atoms with van der Waals surface area (Å²) in [5.41, 5.74) is 7.88. The molecule has 0 spiro atoms. The van der Waals surface area contributed by atoms with Crippen LogP contribution in [0.1, 0.15) is 11.1 Å². The SMILES string of the molecule is C=CCOc1cc(Br)c(C=NN=C(N)SCc2ccccc2)cc1OC. The van der Waals surface area contributed by atoms with Crippen LogP contribution in [0.3, 0.4) is 0 Å². The van der Waals surface area contributed by atoms with Crippen molar-refractivity contribution in [3.8, 4) is 11.5 Å². The van der Waals surface area contributed by atoms with Crippen LogP contribution >= 0.6 is 27.7 Å². The van der Waals surface area contributed by atoms with Gasteiger partial charge < -0.3 is 15.2 Å². The first-order valence-corrected chi connectivity index (χ1v) is 9.56. The second kappa shape index (κ2) is 10.7. The van der Waals surface area contributed by atoms with E-state index >= 15 is 0 Å². The number of rotatable bonds is 8. The second-order valence-electron chi connectivity index (χ2n) is 5.08. The molecule has 0 amide bonds. The Kier molecular flexibility index (Phi) is 8.24. The topological polar surface area (TPSA) is 69.2 Å². The van der Waals surface area contributed by atoms with E-state index in [0.717, 1.165) is 15.8 Å². The summed E-state index contributed by atoms with van der Waals surface area (Å²) in [4.78, 5) is 0. The Morgan fingerprint density at radius 2 is 2.04 bits per heavy atom. The smallest absolute Gasteiger partial charge is 0.180 e. The maximum Gasteiger partial charge on any atom is 0.180 e. The Morgan fingerprint density at radius 1 is 1.27 bits per heavy atom. The van der Waals surface area contributed by atoms with Crippen molar-refractivity contribution in [2.24, 2.45) is 15.9 Å². The molecule has 0 heterocycles. The highest BCUT2D eigenvalue weighted by Gasteiger charge is 2.09. The minimum absolute atomic E-state index is 0.399. The quantitative estimate of drug-likeness (QED) is 0.285. The standard InChI is InChI=1S/C19H20BrN3O2S/c1-3-9-25-18-11-16(20)15(10-17(18)24-2)12-22-23-19(21)26-13-14-7-5-4-6-8-14/h3-8,10-12H,1,9,13H2,2H3,(H2,21,23). The monoisotopic (exact) mass is 433 g/mol. The normalized spacial score (nSPS) is 11.5. The molecular formula is C19H20BrN3O2S. The van der Waals surface area contributed by atoms with Crippen molar-refractivity contribution >= 4 is 39.1 Å². The van der Waals surface area contributed by atoms with Gasteiger partial charge in [-0.05, 0) is 33.6 Å². The van der Waals surface area contributed by atoms with Crippen LogP contribution in [-0.4, -0.2) is 25.1 Å². The number of hydrogen-bond donors (Lipinski definition) is 1. The summed E-state index contributed by atoms with van der Waals surface area (Å²) in [7, 11) is 1.58. The van der Waals surface area contributed by atoms with Crippen LogP contribution in [-0.2, 0) is 5.75 Å². The summed E-state index contributed by atoms with van der Waals surface area (Å²) in [6.45, 7) is 4.03. The maximum absolute atomic E-state index is 5.89. The van der Waals surface area contributed by atoms with Crippen LogP contribution in [0.5, 0.6) is 11.5 Å². The van der Waals surface area contributed by atoms with Crippen molar-refractivity contribution in [3.63, 3.8) is 0 Å². The highest BCUT2D eigenvalue weighted by molar-refractivity contribution is 9.10. The Morgan fingerprint density at radius 3 is 2.73 bits per heavy atom. The Bertz CT molecular complexity index is 795. The fraction of sp³-hybridized carbons (Fsp3) is 0.158. The van der Waals surface area contributed by atoms with Crippen LogP contribution in [0.15, 0.2) is 69.8 Å². The lowest BCUT2D eigenvalue weighted by molar-refractivity contribution is 0.326. The number of hydrogen-bond acceptors (Lipinski definition) is 5. The highest BCUT2D eigenvalue weighted by atomic mass is 79.9. The number of halogens is 1. The van der Waals surface area contributed by atoms with E-state index < -0.39 is 0 Å². The van der Waals surface area contributed by atoms with Gasteiger partial charge in [0.2, 0.25) is 0 Å². The lowest BCUT2D eigenvalue weighted by Gasteiger charge is -2.11. The van der Waals surface area contributed by atoms with Crippen LogP contribution in [0.2, 0.25) is 0 Å². The first kappa shape index (κ1) is 20.1. The summed E-state index contributed by atoms with van der Waals surface area (Å²) >= 11 is 4.93. The average Bonchev–Trinajstić information content (AvgIpc) is 2.66. The molecule has 2 N–H and O–H groups in total. The zero-order chi connectivity index (χ0) is 18.8. The third kappa shape index (κ3) is 6.24. The zero-order valence-electron chi connectivity index (χ0n) is 14.4. The van der Waals surface area contributed by atoms with Crippen molar-refractivity contribution in [1.29, 1.82) is 0 Å². The van der Waals surface area contributed by atoms with Gasteiger partial charge in [-0.3, -0.25) is 0 Å². The highest BCUT2D eigenvalue weighted by Crippen LogP contribution is 2.33. The van der Waals surface area contributed by atoms with E-state index in [1.807, 2.05) is 42.5 Å². The molecule has 0 bridgehead atoms. The molecule has 5 nitrogen and oxygen atoms in total. The van der Waals surface area contributed by atoms with Crippen LogP contribution in [0.25, 0.3) is 0 Å². The van der Waals surface area contributed by atoms with E-state index in [9.17, 15) is 0 Å². The van der Waals surface area contributed by atoms with Gasteiger partial charge in [-0.25, -0.2) is 0 Å². The number of amidine groups is 1. The molecule has 2 rings (SSSR count). The number of thioether (sulfide) groups is 1. The maximum atomic E-state index is 5.89. The van der Waals surface area contributed by atoms with Crippen molar-refractivity contribution in [2.45, 2.75) is 5.75 Å².